The molecule has 1 unspecified atom stereocenters. The number of ether oxygens (including phenoxy) is 1. The highest BCUT2D eigenvalue weighted by Gasteiger charge is 2.34. The SMILES string of the molecule is COCCN1C(=S)NC(c2ccc(F)cc2)C(c2nc(-c3ccc(C)cc3)no2)=C1C. The number of halogens is 1. The van der Waals surface area contributed by atoms with E-state index < -0.39 is 0 Å². The van der Waals surface area contributed by atoms with Gasteiger partial charge >= 0.3 is 0 Å². The Kier molecular flexibility index (Phi) is 6.11. The van der Waals surface area contributed by atoms with Gasteiger partial charge in [-0.2, -0.15) is 4.98 Å². The summed E-state index contributed by atoms with van der Waals surface area (Å²) in [6.45, 7) is 5.07. The van der Waals surface area contributed by atoms with Gasteiger partial charge < -0.3 is 19.5 Å². The lowest BCUT2D eigenvalue weighted by Crippen LogP contribution is -2.47. The number of hydrogen-bond acceptors (Lipinski definition) is 5. The average Bonchev–Trinajstić information content (AvgIpc) is 3.24. The van der Waals surface area contributed by atoms with Crippen LogP contribution in [0.15, 0.2) is 58.8 Å². The molecule has 31 heavy (non-hydrogen) atoms. The Morgan fingerprint density at radius 1 is 1.13 bits per heavy atom. The molecule has 1 aromatic heterocycles. The first kappa shape index (κ1) is 21.1. The average molecular weight is 439 g/mol. The van der Waals surface area contributed by atoms with E-state index in [9.17, 15) is 4.39 Å². The Hall–Kier alpha value is -3.10. The molecule has 0 saturated heterocycles. The maximum atomic E-state index is 13.5. The van der Waals surface area contributed by atoms with E-state index in [1.807, 2.05) is 43.0 Å². The van der Waals surface area contributed by atoms with Gasteiger partial charge in [-0.1, -0.05) is 47.1 Å². The number of aryl methyl sites for hydroxylation is 1. The molecule has 0 aliphatic carbocycles. The minimum atomic E-state index is -0.349. The molecule has 1 N–H and O–H groups in total. The fourth-order valence-electron chi connectivity index (χ4n) is 3.57. The summed E-state index contributed by atoms with van der Waals surface area (Å²) in [7, 11) is 1.65. The zero-order chi connectivity index (χ0) is 22.0. The molecule has 0 fully saturated rings. The van der Waals surface area contributed by atoms with Crippen LogP contribution >= 0.6 is 12.2 Å². The van der Waals surface area contributed by atoms with E-state index in [0.717, 1.165) is 28.0 Å². The molecule has 4 rings (SSSR count). The van der Waals surface area contributed by atoms with Gasteiger partial charge in [-0.15, -0.1) is 0 Å². The van der Waals surface area contributed by atoms with Gasteiger partial charge in [-0.05, 0) is 43.8 Å². The lowest BCUT2D eigenvalue weighted by molar-refractivity contribution is 0.183. The Bertz CT molecular complexity index is 1110. The predicted octanol–water partition coefficient (Wildman–Crippen LogP) is 4.49. The molecule has 160 valence electrons. The molecule has 6 nitrogen and oxygen atoms in total. The number of allylic oxidation sites excluding steroid dienone is 1. The van der Waals surface area contributed by atoms with Gasteiger partial charge in [0.2, 0.25) is 5.82 Å². The maximum Gasteiger partial charge on any atom is 0.258 e. The smallest absolute Gasteiger partial charge is 0.258 e. The number of nitrogens with one attached hydrogen (secondary N) is 1. The van der Waals surface area contributed by atoms with E-state index in [1.54, 1.807) is 19.2 Å². The van der Waals surface area contributed by atoms with E-state index >= 15 is 0 Å². The number of rotatable bonds is 6. The van der Waals surface area contributed by atoms with Crippen molar-refractivity contribution < 1.29 is 13.7 Å². The van der Waals surface area contributed by atoms with Crippen LogP contribution in [0.25, 0.3) is 17.0 Å². The maximum absolute atomic E-state index is 13.5. The fourth-order valence-corrected chi connectivity index (χ4v) is 3.91. The molecule has 0 radical (unpaired) electrons. The number of methoxy groups -OCH3 is 1. The van der Waals surface area contributed by atoms with Crippen molar-refractivity contribution in [3.63, 3.8) is 0 Å². The van der Waals surface area contributed by atoms with Crippen LogP contribution in [0.5, 0.6) is 0 Å². The third-order valence-electron chi connectivity index (χ3n) is 5.28. The third kappa shape index (κ3) is 4.35. The second kappa shape index (κ2) is 8.95. The first-order valence-electron chi connectivity index (χ1n) is 9.92. The van der Waals surface area contributed by atoms with Crippen LogP contribution in [0, 0.1) is 12.7 Å². The minimum absolute atomic E-state index is 0.300. The summed E-state index contributed by atoms with van der Waals surface area (Å²) < 4.78 is 24.4. The van der Waals surface area contributed by atoms with Crippen molar-refractivity contribution in [2.24, 2.45) is 0 Å². The molecule has 2 heterocycles. The topological polar surface area (TPSA) is 63.4 Å². The van der Waals surface area contributed by atoms with Gasteiger partial charge in [0.15, 0.2) is 5.11 Å². The molecule has 8 heteroatoms. The quantitative estimate of drug-likeness (QED) is 0.569. The van der Waals surface area contributed by atoms with Crippen LogP contribution in [0.3, 0.4) is 0 Å². The molecule has 0 saturated carbocycles. The summed E-state index contributed by atoms with van der Waals surface area (Å²) in [4.78, 5) is 6.61. The lowest BCUT2D eigenvalue weighted by atomic mass is 9.95. The summed E-state index contributed by atoms with van der Waals surface area (Å²) in [6, 6.07) is 13.9. The molecule has 1 atom stereocenters. The highest BCUT2D eigenvalue weighted by Crippen LogP contribution is 2.37. The summed E-state index contributed by atoms with van der Waals surface area (Å²) in [5.74, 6) is 0.593. The first-order valence-corrected chi connectivity index (χ1v) is 10.3. The van der Waals surface area contributed by atoms with Crippen molar-refractivity contribution in [3.05, 3.63) is 77.1 Å². The molecule has 3 aromatic rings. The van der Waals surface area contributed by atoms with Crippen molar-refractivity contribution in [1.82, 2.24) is 20.4 Å². The second-order valence-corrected chi connectivity index (χ2v) is 7.75. The number of benzene rings is 2. The Labute approximate surface area is 185 Å². The lowest BCUT2D eigenvalue weighted by Gasteiger charge is -2.37. The molecular weight excluding hydrogens is 415 g/mol. The zero-order valence-electron chi connectivity index (χ0n) is 17.6. The second-order valence-electron chi connectivity index (χ2n) is 7.37. The Balaban J connectivity index is 1.78. The molecule has 0 spiro atoms. The van der Waals surface area contributed by atoms with E-state index in [-0.39, 0.29) is 11.9 Å². The molecule has 0 bridgehead atoms. The van der Waals surface area contributed by atoms with Crippen LogP contribution in [0.4, 0.5) is 4.39 Å². The minimum Gasteiger partial charge on any atom is -0.383 e. The number of nitrogens with zero attached hydrogens (tertiary/aromatic N) is 3. The van der Waals surface area contributed by atoms with Crippen molar-refractivity contribution in [2.45, 2.75) is 19.9 Å². The van der Waals surface area contributed by atoms with Crippen molar-refractivity contribution >= 4 is 22.9 Å². The van der Waals surface area contributed by atoms with E-state index in [1.165, 1.54) is 12.1 Å². The highest BCUT2D eigenvalue weighted by atomic mass is 32.1. The number of hydrogen-bond donors (Lipinski definition) is 1. The summed E-state index contributed by atoms with van der Waals surface area (Å²) >= 11 is 5.60. The largest absolute Gasteiger partial charge is 0.383 e. The van der Waals surface area contributed by atoms with E-state index in [2.05, 4.69) is 15.5 Å². The molecular formula is C23H23FN4O2S. The molecule has 2 aromatic carbocycles. The Morgan fingerprint density at radius 2 is 1.84 bits per heavy atom. The van der Waals surface area contributed by atoms with Crippen LogP contribution < -0.4 is 5.32 Å². The zero-order valence-corrected chi connectivity index (χ0v) is 18.4. The van der Waals surface area contributed by atoms with Gasteiger partial charge in [0.1, 0.15) is 5.82 Å². The summed E-state index contributed by atoms with van der Waals surface area (Å²) in [6.07, 6.45) is 0. The highest BCUT2D eigenvalue weighted by molar-refractivity contribution is 7.80. The van der Waals surface area contributed by atoms with Gasteiger partial charge in [-0.25, -0.2) is 4.39 Å². The van der Waals surface area contributed by atoms with Crippen LogP contribution in [0.2, 0.25) is 0 Å². The number of aromatic nitrogens is 2. The van der Waals surface area contributed by atoms with Gasteiger partial charge in [0.25, 0.3) is 5.89 Å². The predicted molar refractivity (Wildman–Crippen MR) is 121 cm³/mol. The fraction of sp³-hybridized carbons (Fsp3) is 0.261. The molecule has 1 aliphatic rings. The van der Waals surface area contributed by atoms with Gasteiger partial charge in [-0.3, -0.25) is 0 Å². The van der Waals surface area contributed by atoms with Crippen LogP contribution in [-0.2, 0) is 4.74 Å². The number of thiocarbonyl (C=S) groups is 1. The summed E-state index contributed by atoms with van der Waals surface area (Å²) in [5, 5.41) is 8.09. The third-order valence-corrected chi connectivity index (χ3v) is 5.62. The van der Waals surface area contributed by atoms with Crippen LogP contribution in [-0.4, -0.2) is 40.4 Å². The van der Waals surface area contributed by atoms with Crippen molar-refractivity contribution in [1.29, 1.82) is 0 Å². The van der Waals surface area contributed by atoms with E-state index in [4.69, 9.17) is 21.5 Å². The molecule has 0 amide bonds. The van der Waals surface area contributed by atoms with Gasteiger partial charge in [0.05, 0.1) is 18.2 Å². The van der Waals surface area contributed by atoms with Gasteiger partial charge in [0, 0.05) is 24.9 Å². The first-order chi connectivity index (χ1) is 15.0. The monoisotopic (exact) mass is 438 g/mol. The normalized spacial score (nSPS) is 16.6. The Morgan fingerprint density at radius 3 is 2.52 bits per heavy atom. The van der Waals surface area contributed by atoms with Crippen molar-refractivity contribution in [3.8, 4) is 11.4 Å². The standard InChI is InChI=1S/C23H23FN4O2S/c1-14-4-6-17(7-5-14)21-26-22(30-27-21)19-15(2)28(12-13-29-3)23(31)25-20(19)16-8-10-18(24)11-9-16/h4-11,20H,12-13H2,1-3H3,(H,25,31). The van der Waals surface area contributed by atoms with Crippen molar-refractivity contribution in [2.75, 3.05) is 20.3 Å². The summed E-state index contributed by atoms with van der Waals surface area (Å²) in [5.41, 5.74) is 4.55. The van der Waals surface area contributed by atoms with E-state index in [0.29, 0.717) is 30.0 Å². The molecule has 1 aliphatic heterocycles. The van der Waals surface area contributed by atoms with Crippen LogP contribution in [0.1, 0.15) is 30.0 Å².